The van der Waals surface area contributed by atoms with Crippen LogP contribution in [0, 0.1) is 6.92 Å². The van der Waals surface area contributed by atoms with Crippen LogP contribution in [0.1, 0.15) is 18.3 Å². The summed E-state index contributed by atoms with van der Waals surface area (Å²) in [5, 5.41) is 3.64. The lowest BCUT2D eigenvalue weighted by Gasteiger charge is -1.94. The van der Waals surface area contributed by atoms with Gasteiger partial charge in [-0.05, 0) is 23.9 Å². The maximum absolute atomic E-state index is 2.31. The maximum Gasteiger partial charge on any atom is 0.261 e. The summed E-state index contributed by atoms with van der Waals surface area (Å²) < 4.78 is 5.92. The molecule has 16 heavy (non-hydrogen) atoms. The Morgan fingerprint density at radius 3 is 3.00 bits per heavy atom. The average molecular weight is 231 g/mol. The van der Waals surface area contributed by atoms with Gasteiger partial charge in [-0.1, -0.05) is 6.92 Å². The summed E-state index contributed by atoms with van der Waals surface area (Å²) in [6.07, 6.45) is 5.48. The Hall–Kier alpha value is -1.35. The molecule has 82 valence electrons. The van der Waals surface area contributed by atoms with Crippen molar-refractivity contribution in [2.75, 3.05) is 0 Å². The second kappa shape index (κ2) is 3.32. The normalized spacial score (nSPS) is 11.7. The van der Waals surface area contributed by atoms with Crippen LogP contribution in [0.25, 0.3) is 15.6 Å². The highest BCUT2D eigenvalue weighted by Gasteiger charge is 2.17. The molecule has 0 unspecified atom stereocenters. The Morgan fingerprint density at radius 2 is 2.25 bits per heavy atom. The van der Waals surface area contributed by atoms with Gasteiger partial charge in [0.2, 0.25) is 0 Å². The number of fused-ring (bicyclic) bond motifs is 3. The summed E-state index contributed by atoms with van der Waals surface area (Å²) in [4.78, 5) is 0. The Balaban J connectivity index is 2.56. The van der Waals surface area contributed by atoms with Crippen molar-refractivity contribution in [3.05, 3.63) is 35.2 Å². The van der Waals surface area contributed by atoms with Crippen molar-refractivity contribution in [2.45, 2.75) is 20.3 Å². The van der Waals surface area contributed by atoms with E-state index in [0.29, 0.717) is 0 Å². The first-order valence-electron chi connectivity index (χ1n) is 5.58. The molecule has 3 heterocycles. The molecule has 0 atom stereocenters. The molecule has 0 saturated heterocycles. The third kappa shape index (κ3) is 1.15. The van der Waals surface area contributed by atoms with Crippen LogP contribution in [0.5, 0.6) is 0 Å². The molecule has 0 fully saturated rings. The molecule has 0 radical (unpaired) electrons. The SMILES string of the molecule is CCc1n2ccc3scc(C)c3c2c[n+]1C. The van der Waals surface area contributed by atoms with Gasteiger partial charge in [0.15, 0.2) is 5.52 Å². The Morgan fingerprint density at radius 1 is 1.44 bits per heavy atom. The van der Waals surface area contributed by atoms with Crippen LogP contribution in [0.15, 0.2) is 23.8 Å². The van der Waals surface area contributed by atoms with E-state index in [9.17, 15) is 0 Å². The Bertz CT molecular complexity index is 676. The molecule has 3 heteroatoms. The predicted octanol–water partition coefficient (Wildman–Crippen LogP) is 2.85. The van der Waals surface area contributed by atoms with E-state index in [2.05, 4.69) is 53.7 Å². The van der Waals surface area contributed by atoms with E-state index < -0.39 is 0 Å². The molecule has 0 bridgehead atoms. The standard InChI is InChI=1S/C13H15N2S/c1-4-12-14(3)7-10-13-9(2)8-16-11(13)5-6-15(10)12/h5-8H,4H2,1-3H3/q+1. The lowest BCUT2D eigenvalue weighted by molar-refractivity contribution is -0.677. The molecular weight excluding hydrogens is 216 g/mol. The molecule has 3 aromatic heterocycles. The molecule has 0 N–H and O–H groups in total. The third-order valence-electron chi connectivity index (χ3n) is 3.21. The van der Waals surface area contributed by atoms with Crippen LogP contribution in [0.3, 0.4) is 0 Å². The predicted molar refractivity (Wildman–Crippen MR) is 68.1 cm³/mol. The summed E-state index contributed by atoms with van der Waals surface area (Å²) >= 11 is 1.83. The van der Waals surface area contributed by atoms with Crippen molar-refractivity contribution in [1.29, 1.82) is 0 Å². The highest BCUT2D eigenvalue weighted by Crippen LogP contribution is 2.29. The second-order valence-corrected chi connectivity index (χ2v) is 5.15. The molecule has 0 saturated carbocycles. The molecule has 3 aromatic rings. The van der Waals surface area contributed by atoms with Crippen LogP contribution in [0.4, 0.5) is 0 Å². The van der Waals surface area contributed by atoms with Gasteiger partial charge in [-0.15, -0.1) is 11.3 Å². The molecule has 0 aromatic carbocycles. The quantitative estimate of drug-likeness (QED) is 0.569. The Kier molecular flexibility index (Phi) is 2.04. The van der Waals surface area contributed by atoms with E-state index in [1.54, 1.807) is 0 Å². The smallest absolute Gasteiger partial charge is 0.236 e. The summed E-state index contributed by atoms with van der Waals surface area (Å²) in [6.45, 7) is 4.39. The number of nitrogens with zero attached hydrogens (tertiary/aromatic N) is 2. The van der Waals surface area contributed by atoms with Gasteiger partial charge in [-0.2, -0.15) is 4.40 Å². The third-order valence-corrected chi connectivity index (χ3v) is 4.28. The zero-order chi connectivity index (χ0) is 11.3. The minimum atomic E-state index is 1.05. The van der Waals surface area contributed by atoms with Gasteiger partial charge in [-0.25, -0.2) is 4.57 Å². The molecule has 0 aliphatic heterocycles. The first-order valence-corrected chi connectivity index (χ1v) is 6.46. The van der Waals surface area contributed by atoms with Gasteiger partial charge in [-0.3, -0.25) is 0 Å². The van der Waals surface area contributed by atoms with Crippen LogP contribution >= 0.6 is 11.3 Å². The molecular formula is C13H15N2S+. The van der Waals surface area contributed by atoms with Gasteiger partial charge in [0.1, 0.15) is 6.20 Å². The largest absolute Gasteiger partial charge is 0.261 e. The van der Waals surface area contributed by atoms with Crippen molar-refractivity contribution in [2.24, 2.45) is 7.05 Å². The van der Waals surface area contributed by atoms with Crippen molar-refractivity contribution in [1.82, 2.24) is 4.40 Å². The minimum Gasteiger partial charge on any atom is -0.236 e. The van der Waals surface area contributed by atoms with Crippen LogP contribution in [-0.4, -0.2) is 4.40 Å². The highest BCUT2D eigenvalue weighted by atomic mass is 32.1. The highest BCUT2D eigenvalue weighted by molar-refractivity contribution is 7.17. The maximum atomic E-state index is 2.31. The second-order valence-electron chi connectivity index (χ2n) is 4.24. The fourth-order valence-corrected chi connectivity index (χ4v) is 3.40. The molecule has 2 nitrogen and oxygen atoms in total. The fourth-order valence-electron chi connectivity index (χ4n) is 2.46. The first kappa shape index (κ1) is 9.85. The summed E-state index contributed by atoms with van der Waals surface area (Å²) in [7, 11) is 2.12. The van der Waals surface area contributed by atoms with Crippen molar-refractivity contribution in [3.8, 4) is 0 Å². The Labute approximate surface area is 98.8 Å². The number of aryl methyl sites for hydroxylation is 3. The van der Waals surface area contributed by atoms with Gasteiger partial charge in [0.05, 0.1) is 13.2 Å². The summed E-state index contributed by atoms with van der Waals surface area (Å²) in [5.74, 6) is 1.35. The fraction of sp³-hybridized carbons (Fsp3) is 0.308. The lowest BCUT2D eigenvalue weighted by atomic mass is 10.2. The van der Waals surface area contributed by atoms with Crippen molar-refractivity contribution >= 4 is 26.9 Å². The molecule has 0 spiro atoms. The number of aromatic nitrogens is 2. The molecule has 3 rings (SSSR count). The van der Waals surface area contributed by atoms with E-state index in [1.807, 2.05) is 11.3 Å². The van der Waals surface area contributed by atoms with E-state index in [0.717, 1.165) is 6.42 Å². The van der Waals surface area contributed by atoms with Crippen LogP contribution in [0.2, 0.25) is 0 Å². The topological polar surface area (TPSA) is 8.29 Å². The zero-order valence-electron chi connectivity index (χ0n) is 9.82. The monoisotopic (exact) mass is 231 g/mol. The average Bonchev–Trinajstić information content (AvgIpc) is 2.78. The van der Waals surface area contributed by atoms with Gasteiger partial charge < -0.3 is 0 Å². The van der Waals surface area contributed by atoms with Gasteiger partial charge in [0.25, 0.3) is 5.82 Å². The summed E-state index contributed by atoms with van der Waals surface area (Å²) in [5.41, 5.74) is 2.71. The van der Waals surface area contributed by atoms with Crippen LogP contribution in [-0.2, 0) is 13.5 Å². The summed E-state index contributed by atoms with van der Waals surface area (Å²) in [6, 6.07) is 2.22. The zero-order valence-corrected chi connectivity index (χ0v) is 10.6. The van der Waals surface area contributed by atoms with Gasteiger partial charge >= 0.3 is 0 Å². The first-order chi connectivity index (χ1) is 7.72. The van der Waals surface area contributed by atoms with Gasteiger partial charge in [0, 0.05) is 16.5 Å². The molecule has 0 amide bonds. The number of rotatable bonds is 1. The van der Waals surface area contributed by atoms with E-state index >= 15 is 0 Å². The van der Waals surface area contributed by atoms with E-state index in [-0.39, 0.29) is 0 Å². The number of pyridine rings is 1. The van der Waals surface area contributed by atoms with E-state index in [4.69, 9.17) is 0 Å². The minimum absolute atomic E-state index is 1.05. The number of thiophene rings is 1. The van der Waals surface area contributed by atoms with E-state index in [1.165, 1.54) is 27.0 Å². The van der Waals surface area contributed by atoms with Crippen LogP contribution < -0.4 is 4.57 Å². The number of hydrogen-bond acceptors (Lipinski definition) is 1. The number of hydrogen-bond donors (Lipinski definition) is 0. The lowest BCUT2D eigenvalue weighted by Crippen LogP contribution is -2.30. The molecule has 0 aliphatic carbocycles. The molecule has 0 aliphatic rings. The van der Waals surface area contributed by atoms with Crippen molar-refractivity contribution in [3.63, 3.8) is 0 Å². The van der Waals surface area contributed by atoms with Crippen molar-refractivity contribution < 1.29 is 4.57 Å². The number of imidazole rings is 1.